The van der Waals surface area contributed by atoms with Crippen LogP contribution in [0, 0.1) is 0 Å². The van der Waals surface area contributed by atoms with Gasteiger partial charge < -0.3 is 14.6 Å². The van der Waals surface area contributed by atoms with E-state index in [1.165, 1.54) is 16.6 Å². The molecule has 0 saturated carbocycles. The SMILES string of the molecule is Cl.Clc1cc(Cl)c2c(c1)c1c(n2CCOc2ccccc2)CCNCC1. The van der Waals surface area contributed by atoms with E-state index in [9.17, 15) is 0 Å². The summed E-state index contributed by atoms with van der Waals surface area (Å²) in [5.74, 6) is 0.890. The summed E-state index contributed by atoms with van der Waals surface area (Å²) in [6, 6.07) is 13.8. The summed E-state index contributed by atoms with van der Waals surface area (Å²) in [4.78, 5) is 0. The van der Waals surface area contributed by atoms with Crippen LogP contribution in [0.4, 0.5) is 0 Å². The highest BCUT2D eigenvalue weighted by Gasteiger charge is 2.21. The van der Waals surface area contributed by atoms with Crippen molar-refractivity contribution >= 4 is 46.5 Å². The fourth-order valence-electron chi connectivity index (χ4n) is 3.65. The molecule has 6 heteroatoms. The van der Waals surface area contributed by atoms with Crippen molar-refractivity contribution in [3.63, 3.8) is 0 Å². The molecule has 3 nitrogen and oxygen atoms in total. The standard InChI is InChI=1S/C20H20Cl2N2O.ClH/c21-14-12-17-16-6-8-23-9-7-19(16)24(20(17)18(22)13-14)10-11-25-15-4-2-1-3-5-15;/h1-5,12-13,23H,6-11H2;1H. The van der Waals surface area contributed by atoms with E-state index in [0.29, 0.717) is 16.7 Å². The number of rotatable bonds is 4. The predicted molar refractivity (Wildman–Crippen MR) is 111 cm³/mol. The van der Waals surface area contributed by atoms with Gasteiger partial charge in [-0.15, -0.1) is 12.4 Å². The Morgan fingerprint density at radius 3 is 2.62 bits per heavy atom. The third-order valence-corrected chi connectivity index (χ3v) is 5.22. The molecule has 4 rings (SSSR count). The third-order valence-electron chi connectivity index (χ3n) is 4.71. The molecule has 1 aromatic heterocycles. The summed E-state index contributed by atoms with van der Waals surface area (Å²) >= 11 is 12.8. The van der Waals surface area contributed by atoms with Crippen molar-refractivity contribution in [3.8, 4) is 5.75 Å². The van der Waals surface area contributed by atoms with Crippen molar-refractivity contribution in [1.29, 1.82) is 0 Å². The zero-order chi connectivity index (χ0) is 17.2. The summed E-state index contributed by atoms with van der Waals surface area (Å²) in [6.45, 7) is 3.33. The van der Waals surface area contributed by atoms with E-state index in [1.54, 1.807) is 0 Å². The van der Waals surface area contributed by atoms with E-state index >= 15 is 0 Å². The Bertz CT molecular complexity index is 893. The molecule has 2 aromatic carbocycles. The Balaban J connectivity index is 0.00000196. The summed E-state index contributed by atoms with van der Waals surface area (Å²) in [5, 5.41) is 6.05. The van der Waals surface area contributed by atoms with Crippen LogP contribution < -0.4 is 10.1 Å². The minimum absolute atomic E-state index is 0. The molecule has 0 fully saturated rings. The second kappa shape index (κ2) is 8.53. The van der Waals surface area contributed by atoms with Crippen molar-refractivity contribution in [3.05, 3.63) is 63.8 Å². The number of hydrogen-bond donors (Lipinski definition) is 1. The number of halogens is 3. The molecule has 0 spiro atoms. The van der Waals surface area contributed by atoms with Crippen LogP contribution in [0.2, 0.25) is 10.0 Å². The maximum atomic E-state index is 6.56. The highest BCUT2D eigenvalue weighted by Crippen LogP contribution is 2.35. The molecule has 3 aromatic rings. The van der Waals surface area contributed by atoms with Crippen LogP contribution in [0.5, 0.6) is 5.75 Å². The number of nitrogens with zero attached hydrogens (tertiary/aromatic N) is 1. The molecule has 0 atom stereocenters. The van der Waals surface area contributed by atoms with Gasteiger partial charge in [0.2, 0.25) is 0 Å². The average molecular weight is 412 g/mol. The van der Waals surface area contributed by atoms with Crippen molar-refractivity contribution in [1.82, 2.24) is 9.88 Å². The number of para-hydroxylation sites is 1. The lowest BCUT2D eigenvalue weighted by Gasteiger charge is -2.13. The first-order chi connectivity index (χ1) is 12.2. The van der Waals surface area contributed by atoms with Gasteiger partial charge in [-0.05, 0) is 42.8 Å². The van der Waals surface area contributed by atoms with E-state index in [4.69, 9.17) is 27.9 Å². The molecule has 26 heavy (non-hydrogen) atoms. The Hall–Kier alpha value is -1.39. The predicted octanol–water partition coefficient (Wildman–Crippen LogP) is 5.14. The van der Waals surface area contributed by atoms with Gasteiger partial charge >= 0.3 is 0 Å². The number of benzene rings is 2. The summed E-state index contributed by atoms with van der Waals surface area (Å²) in [6.07, 6.45) is 1.98. The summed E-state index contributed by atoms with van der Waals surface area (Å²) < 4.78 is 8.23. The lowest BCUT2D eigenvalue weighted by Crippen LogP contribution is -2.18. The van der Waals surface area contributed by atoms with Crippen LogP contribution >= 0.6 is 35.6 Å². The van der Waals surface area contributed by atoms with Crippen molar-refractivity contribution in [2.75, 3.05) is 19.7 Å². The molecule has 138 valence electrons. The second-order valence-corrected chi connectivity index (χ2v) is 7.12. The van der Waals surface area contributed by atoms with Crippen LogP contribution in [0.15, 0.2) is 42.5 Å². The Morgan fingerprint density at radius 2 is 1.81 bits per heavy atom. The van der Waals surface area contributed by atoms with Gasteiger partial charge in [-0.3, -0.25) is 0 Å². The quantitative estimate of drug-likeness (QED) is 0.643. The Labute approximate surface area is 169 Å². The second-order valence-electron chi connectivity index (χ2n) is 6.27. The molecular weight excluding hydrogens is 391 g/mol. The van der Waals surface area contributed by atoms with Gasteiger partial charge in [-0.1, -0.05) is 41.4 Å². The number of ether oxygens (including phenoxy) is 1. The van der Waals surface area contributed by atoms with E-state index in [0.717, 1.165) is 43.7 Å². The molecule has 0 bridgehead atoms. The van der Waals surface area contributed by atoms with Gasteiger partial charge in [0, 0.05) is 29.1 Å². The molecular formula is C20H21Cl3N2O. The maximum Gasteiger partial charge on any atom is 0.119 e. The third kappa shape index (κ3) is 3.81. The first-order valence-electron chi connectivity index (χ1n) is 8.61. The van der Waals surface area contributed by atoms with Gasteiger partial charge in [-0.2, -0.15) is 0 Å². The Kier molecular flexibility index (Phi) is 6.36. The van der Waals surface area contributed by atoms with Gasteiger partial charge in [-0.25, -0.2) is 0 Å². The van der Waals surface area contributed by atoms with Gasteiger partial charge in [0.15, 0.2) is 0 Å². The molecule has 0 amide bonds. The summed E-state index contributed by atoms with van der Waals surface area (Å²) in [7, 11) is 0. The molecule has 1 N–H and O–H groups in total. The van der Waals surface area contributed by atoms with E-state index in [-0.39, 0.29) is 12.4 Å². The highest BCUT2D eigenvalue weighted by molar-refractivity contribution is 6.38. The van der Waals surface area contributed by atoms with Crippen LogP contribution in [0.1, 0.15) is 11.3 Å². The molecule has 0 aliphatic carbocycles. The average Bonchev–Trinajstić information content (AvgIpc) is 2.76. The first-order valence-corrected chi connectivity index (χ1v) is 9.37. The van der Waals surface area contributed by atoms with E-state index < -0.39 is 0 Å². The number of nitrogens with one attached hydrogen (secondary N) is 1. The normalized spacial score (nSPS) is 13.8. The molecule has 0 unspecified atom stereocenters. The first kappa shape index (κ1) is 19.4. The van der Waals surface area contributed by atoms with Crippen LogP contribution in [-0.2, 0) is 19.4 Å². The molecule has 0 saturated heterocycles. The van der Waals surface area contributed by atoms with E-state index in [2.05, 4.69) is 9.88 Å². The van der Waals surface area contributed by atoms with Crippen molar-refractivity contribution in [2.24, 2.45) is 0 Å². The number of hydrogen-bond acceptors (Lipinski definition) is 2. The van der Waals surface area contributed by atoms with Crippen LogP contribution in [-0.4, -0.2) is 24.3 Å². The fraction of sp³-hybridized carbons (Fsp3) is 0.300. The fourth-order valence-corrected chi connectivity index (χ4v) is 4.25. The lowest BCUT2D eigenvalue weighted by molar-refractivity contribution is 0.299. The van der Waals surface area contributed by atoms with Gasteiger partial charge in [0.05, 0.1) is 17.1 Å². The molecule has 1 aliphatic rings. The zero-order valence-corrected chi connectivity index (χ0v) is 16.6. The number of aromatic nitrogens is 1. The topological polar surface area (TPSA) is 26.2 Å². The van der Waals surface area contributed by atoms with Gasteiger partial charge in [0.1, 0.15) is 12.4 Å². The van der Waals surface area contributed by atoms with Crippen molar-refractivity contribution in [2.45, 2.75) is 19.4 Å². The minimum Gasteiger partial charge on any atom is -0.492 e. The maximum absolute atomic E-state index is 6.56. The van der Waals surface area contributed by atoms with Crippen LogP contribution in [0.3, 0.4) is 0 Å². The van der Waals surface area contributed by atoms with E-state index in [1.807, 2.05) is 42.5 Å². The van der Waals surface area contributed by atoms with Gasteiger partial charge in [0.25, 0.3) is 0 Å². The largest absolute Gasteiger partial charge is 0.492 e. The zero-order valence-electron chi connectivity index (χ0n) is 14.3. The van der Waals surface area contributed by atoms with Crippen LogP contribution in [0.25, 0.3) is 10.9 Å². The smallest absolute Gasteiger partial charge is 0.119 e. The minimum atomic E-state index is 0. The monoisotopic (exact) mass is 410 g/mol. The molecule has 0 radical (unpaired) electrons. The molecule has 1 aliphatic heterocycles. The molecule has 2 heterocycles. The Morgan fingerprint density at radius 1 is 1.04 bits per heavy atom. The summed E-state index contributed by atoms with van der Waals surface area (Å²) in [5.41, 5.74) is 3.79. The highest BCUT2D eigenvalue weighted by atomic mass is 35.5. The van der Waals surface area contributed by atoms with Crippen molar-refractivity contribution < 1.29 is 4.74 Å². The number of fused-ring (bicyclic) bond motifs is 3. The lowest BCUT2D eigenvalue weighted by atomic mass is 10.1.